The van der Waals surface area contributed by atoms with Crippen LogP contribution in [-0.4, -0.2) is 28.7 Å². The first-order valence-electron chi connectivity index (χ1n) is 5.60. The number of Topliss-reactive ketones (excluding diaryl/α,β-unsaturated/α-hetero) is 1. The van der Waals surface area contributed by atoms with Gasteiger partial charge in [-0.1, -0.05) is 24.1 Å². The number of ketones is 1. The molecule has 1 heterocycles. The summed E-state index contributed by atoms with van der Waals surface area (Å²) in [5.41, 5.74) is 1.41. The molecule has 0 saturated carbocycles. The molecule has 0 aliphatic rings. The molecule has 18 heavy (non-hydrogen) atoms. The first-order valence-corrected chi connectivity index (χ1v) is 5.60. The lowest BCUT2D eigenvalue weighted by atomic mass is 10.2. The van der Waals surface area contributed by atoms with Crippen LogP contribution in [0.2, 0.25) is 0 Å². The summed E-state index contributed by atoms with van der Waals surface area (Å²) in [5, 5.41) is 7.04. The third-order valence-corrected chi connectivity index (χ3v) is 2.44. The fraction of sp³-hybridized carbons (Fsp3) is 0.143. The summed E-state index contributed by atoms with van der Waals surface area (Å²) >= 11 is 0. The Morgan fingerprint density at radius 3 is 2.83 bits per heavy atom. The predicted octanol–water partition coefficient (Wildman–Crippen LogP) is 1.28. The van der Waals surface area contributed by atoms with Gasteiger partial charge >= 0.3 is 0 Å². The van der Waals surface area contributed by atoms with Gasteiger partial charge in [0.15, 0.2) is 5.78 Å². The van der Waals surface area contributed by atoms with Crippen LogP contribution in [0, 0.1) is 12.3 Å². The van der Waals surface area contributed by atoms with Crippen LogP contribution in [0.5, 0.6) is 0 Å². The third-order valence-electron chi connectivity index (χ3n) is 2.44. The molecule has 0 aliphatic carbocycles. The van der Waals surface area contributed by atoms with Crippen molar-refractivity contribution >= 4 is 5.78 Å². The molecule has 0 unspecified atom stereocenters. The van der Waals surface area contributed by atoms with E-state index in [0.717, 1.165) is 5.69 Å². The number of hydrogen-bond donors (Lipinski definition) is 1. The number of carbonyl (C=O) groups is 1. The molecule has 4 heteroatoms. The second kappa shape index (κ2) is 5.80. The normalized spacial score (nSPS) is 9.94. The lowest BCUT2D eigenvalue weighted by Gasteiger charge is -2.06. The summed E-state index contributed by atoms with van der Waals surface area (Å²) in [6.45, 7) is 0.591. The Balaban J connectivity index is 2.18. The summed E-state index contributed by atoms with van der Waals surface area (Å²) in [7, 11) is 0. The quantitative estimate of drug-likeness (QED) is 0.485. The van der Waals surface area contributed by atoms with Crippen molar-refractivity contribution in [2.75, 3.05) is 13.1 Å². The molecule has 0 fully saturated rings. The van der Waals surface area contributed by atoms with E-state index in [1.54, 1.807) is 16.9 Å². The average molecular weight is 239 g/mol. The molecule has 1 aromatic heterocycles. The van der Waals surface area contributed by atoms with Gasteiger partial charge in [0.1, 0.15) is 5.69 Å². The van der Waals surface area contributed by atoms with Crippen LogP contribution in [0.25, 0.3) is 5.69 Å². The number of aromatic nitrogens is 2. The minimum atomic E-state index is -0.0356. The van der Waals surface area contributed by atoms with Crippen molar-refractivity contribution in [1.29, 1.82) is 0 Å². The van der Waals surface area contributed by atoms with Gasteiger partial charge in [0.25, 0.3) is 0 Å². The fourth-order valence-electron chi connectivity index (χ4n) is 1.63. The average Bonchev–Trinajstić information content (AvgIpc) is 2.89. The second-order valence-corrected chi connectivity index (χ2v) is 3.69. The predicted molar refractivity (Wildman–Crippen MR) is 69.6 cm³/mol. The van der Waals surface area contributed by atoms with Gasteiger partial charge in [0.05, 0.1) is 25.0 Å². The fourth-order valence-corrected chi connectivity index (χ4v) is 1.63. The number of benzene rings is 1. The van der Waals surface area contributed by atoms with Crippen LogP contribution in [0.4, 0.5) is 0 Å². The highest BCUT2D eigenvalue weighted by Crippen LogP contribution is 2.10. The molecule has 0 radical (unpaired) electrons. The summed E-state index contributed by atoms with van der Waals surface area (Å²) in [5.74, 6) is 2.39. The zero-order valence-electron chi connectivity index (χ0n) is 9.84. The van der Waals surface area contributed by atoms with Crippen LogP contribution in [-0.2, 0) is 0 Å². The molecule has 0 aliphatic heterocycles. The van der Waals surface area contributed by atoms with Gasteiger partial charge in [-0.2, -0.15) is 5.10 Å². The molecule has 2 aromatic rings. The molecule has 1 aromatic carbocycles. The summed E-state index contributed by atoms with van der Waals surface area (Å²) in [6.07, 6.45) is 6.73. The number of carbonyl (C=O) groups excluding carboxylic acids is 1. The van der Waals surface area contributed by atoms with Crippen LogP contribution in [0.1, 0.15) is 10.5 Å². The second-order valence-electron chi connectivity index (χ2n) is 3.69. The molecule has 0 amide bonds. The van der Waals surface area contributed by atoms with Gasteiger partial charge in [0.2, 0.25) is 0 Å². The highest BCUT2D eigenvalue weighted by atomic mass is 16.1. The van der Waals surface area contributed by atoms with Crippen LogP contribution < -0.4 is 5.32 Å². The molecule has 90 valence electrons. The zero-order chi connectivity index (χ0) is 12.8. The zero-order valence-corrected chi connectivity index (χ0v) is 9.84. The summed E-state index contributed by atoms with van der Waals surface area (Å²) in [6, 6.07) is 11.2. The Morgan fingerprint density at radius 2 is 2.11 bits per heavy atom. The molecular weight excluding hydrogens is 226 g/mol. The smallest absolute Gasteiger partial charge is 0.195 e. The number of para-hydroxylation sites is 1. The molecule has 1 N–H and O–H groups in total. The van der Waals surface area contributed by atoms with E-state index >= 15 is 0 Å². The molecule has 4 nitrogen and oxygen atoms in total. The number of hydrogen-bond acceptors (Lipinski definition) is 3. The van der Waals surface area contributed by atoms with E-state index in [1.807, 2.05) is 30.3 Å². The third kappa shape index (κ3) is 2.65. The Bertz CT molecular complexity index is 566. The largest absolute Gasteiger partial charge is 0.299 e. The maximum atomic E-state index is 12.0. The minimum Gasteiger partial charge on any atom is -0.299 e. The van der Waals surface area contributed by atoms with Crippen LogP contribution in [0.3, 0.4) is 0 Å². The Morgan fingerprint density at radius 1 is 1.33 bits per heavy atom. The van der Waals surface area contributed by atoms with E-state index in [2.05, 4.69) is 16.3 Å². The van der Waals surface area contributed by atoms with E-state index in [0.29, 0.717) is 12.2 Å². The van der Waals surface area contributed by atoms with E-state index in [1.165, 1.54) is 0 Å². The Kier molecular flexibility index (Phi) is 3.90. The van der Waals surface area contributed by atoms with Crippen LogP contribution >= 0.6 is 0 Å². The summed E-state index contributed by atoms with van der Waals surface area (Å²) in [4.78, 5) is 12.0. The highest BCUT2D eigenvalue weighted by Gasteiger charge is 2.12. The number of nitrogens with one attached hydrogen (secondary N) is 1. The van der Waals surface area contributed by atoms with Crippen molar-refractivity contribution in [3.63, 3.8) is 0 Å². The van der Waals surface area contributed by atoms with E-state index in [4.69, 9.17) is 6.42 Å². The van der Waals surface area contributed by atoms with Gasteiger partial charge in [-0.05, 0) is 18.2 Å². The molecule has 0 spiro atoms. The van der Waals surface area contributed by atoms with Crippen LogP contribution in [0.15, 0.2) is 42.6 Å². The van der Waals surface area contributed by atoms with Gasteiger partial charge in [0, 0.05) is 0 Å². The maximum absolute atomic E-state index is 12.0. The van der Waals surface area contributed by atoms with Gasteiger partial charge < -0.3 is 0 Å². The van der Waals surface area contributed by atoms with E-state index < -0.39 is 0 Å². The minimum absolute atomic E-state index is 0.0356. The monoisotopic (exact) mass is 239 g/mol. The first kappa shape index (κ1) is 12.1. The standard InChI is InChI=1S/C14H13N3O/c1-2-9-15-11-14(18)13-8-10-16-17(13)12-6-4-3-5-7-12/h1,3-8,10,15H,9,11H2. The highest BCUT2D eigenvalue weighted by molar-refractivity contribution is 5.96. The molecule has 0 atom stereocenters. The van der Waals surface area contributed by atoms with Crippen molar-refractivity contribution < 1.29 is 4.79 Å². The first-order chi connectivity index (χ1) is 8.83. The SMILES string of the molecule is C#CCNCC(=O)c1ccnn1-c1ccccc1. The van der Waals surface area contributed by atoms with Crippen molar-refractivity contribution in [3.8, 4) is 18.0 Å². The van der Waals surface area contributed by atoms with Gasteiger partial charge in [-0.25, -0.2) is 4.68 Å². The van der Waals surface area contributed by atoms with Gasteiger partial charge in [-0.3, -0.25) is 10.1 Å². The van der Waals surface area contributed by atoms with E-state index in [9.17, 15) is 4.79 Å². The lowest BCUT2D eigenvalue weighted by molar-refractivity contribution is 0.0985. The molecule has 2 rings (SSSR count). The summed E-state index contributed by atoms with van der Waals surface area (Å²) < 4.78 is 1.62. The van der Waals surface area contributed by atoms with E-state index in [-0.39, 0.29) is 12.3 Å². The van der Waals surface area contributed by atoms with Crippen molar-refractivity contribution in [1.82, 2.24) is 15.1 Å². The lowest BCUT2D eigenvalue weighted by Crippen LogP contribution is -2.25. The number of rotatable bonds is 5. The number of nitrogens with zero attached hydrogens (tertiary/aromatic N) is 2. The number of terminal acetylenes is 1. The Hall–Kier alpha value is -2.38. The molecular formula is C14H13N3O. The van der Waals surface area contributed by atoms with Crippen molar-refractivity contribution in [2.24, 2.45) is 0 Å². The topological polar surface area (TPSA) is 46.9 Å². The Labute approximate surface area is 106 Å². The van der Waals surface area contributed by atoms with Gasteiger partial charge in [-0.15, -0.1) is 6.42 Å². The maximum Gasteiger partial charge on any atom is 0.195 e. The molecule has 0 saturated heterocycles. The van der Waals surface area contributed by atoms with Crippen molar-refractivity contribution in [2.45, 2.75) is 0 Å². The van der Waals surface area contributed by atoms with Crippen molar-refractivity contribution in [3.05, 3.63) is 48.3 Å². The molecule has 0 bridgehead atoms.